The number of carbonyl (C=O) groups is 5. The van der Waals surface area contributed by atoms with Gasteiger partial charge in [0.25, 0.3) is 0 Å². The molecule has 1 aromatic heterocycles. The van der Waals surface area contributed by atoms with Crippen LogP contribution in [0.4, 0.5) is 4.79 Å². The number of hydrogen-bond acceptors (Lipinski definition) is 7. The van der Waals surface area contributed by atoms with Crippen molar-refractivity contribution in [3.8, 4) is 0 Å². The van der Waals surface area contributed by atoms with Crippen LogP contribution in [-0.2, 0) is 23.9 Å². The number of nitrogens with zero attached hydrogens (tertiary/aromatic N) is 1. The van der Waals surface area contributed by atoms with Crippen LogP contribution < -0.4 is 16.0 Å². The number of aliphatic carboxylic acids is 1. The van der Waals surface area contributed by atoms with Crippen molar-refractivity contribution in [2.45, 2.75) is 117 Å². The molecule has 2 unspecified atom stereocenters. The molecule has 12 nitrogen and oxygen atoms in total. The zero-order valence-corrected chi connectivity index (χ0v) is 25.6. The molecule has 2 heterocycles. The third-order valence-electron chi connectivity index (χ3n) is 7.17. The average Bonchev–Trinajstić information content (AvgIpc) is 3.49. The molecule has 1 aliphatic heterocycles. The highest BCUT2D eigenvalue weighted by Gasteiger charge is 2.46. The lowest BCUT2D eigenvalue weighted by molar-refractivity contribution is -0.147. The Bertz CT molecular complexity index is 1110. The van der Waals surface area contributed by atoms with Gasteiger partial charge in [0, 0.05) is 0 Å². The smallest absolute Gasteiger partial charge is 0.408 e. The van der Waals surface area contributed by atoms with Crippen molar-refractivity contribution in [2.24, 2.45) is 11.8 Å². The first-order chi connectivity index (χ1) is 19.0. The summed E-state index contributed by atoms with van der Waals surface area (Å²) in [6.45, 7) is 15.4. The second-order valence-electron chi connectivity index (χ2n) is 12.1. The van der Waals surface area contributed by atoms with Gasteiger partial charge in [0.2, 0.25) is 17.7 Å². The molecule has 12 heteroatoms. The summed E-state index contributed by atoms with van der Waals surface area (Å²) in [5.41, 5.74) is -0.754. The van der Waals surface area contributed by atoms with Gasteiger partial charge in [-0.25, -0.2) is 9.59 Å². The van der Waals surface area contributed by atoms with Crippen molar-refractivity contribution < 1.29 is 38.2 Å². The summed E-state index contributed by atoms with van der Waals surface area (Å²) in [6.07, 6.45) is 0.458. The minimum absolute atomic E-state index is 0.282. The maximum Gasteiger partial charge on any atom is 0.408 e. The lowest BCUT2D eigenvalue weighted by Crippen LogP contribution is -2.59. The van der Waals surface area contributed by atoms with Gasteiger partial charge in [-0.15, -0.1) is 0 Å². The standard InChI is InChI=1S/C29H46N4O8/c1-10-16(4)23(27(37)38)32-25(35)20-13-12-19(21-14-11-17(5)40-21)33(20)26(36)22(15(2)3)31-24(34)18(6)30-28(39)41-29(7,8)9/h11,14-16,18-20,22-23H,10,12-13H2,1-9H3,(H,30,39)(H,31,34)(H,32,35)(H,37,38)/t16?,18-,19+,20-,22-,23?/m0/s1. The number of furan rings is 1. The summed E-state index contributed by atoms with van der Waals surface area (Å²) < 4.78 is 11.0. The summed E-state index contributed by atoms with van der Waals surface area (Å²) in [5, 5.41) is 17.5. The first-order valence-electron chi connectivity index (χ1n) is 14.2. The molecule has 0 aliphatic carbocycles. The number of carboxylic acids is 1. The SMILES string of the molecule is CCC(C)C(NC(=O)[C@@H]1CC[C@H](c2ccc(C)o2)N1C(=O)[C@@H](NC(=O)[C@H](C)NC(=O)OC(C)(C)C)C(C)C)C(=O)O. The Morgan fingerprint density at radius 3 is 2.15 bits per heavy atom. The second kappa shape index (κ2) is 13.9. The third kappa shape index (κ3) is 8.96. The van der Waals surface area contributed by atoms with E-state index in [0.717, 1.165) is 0 Å². The van der Waals surface area contributed by atoms with Gasteiger partial charge in [-0.2, -0.15) is 0 Å². The van der Waals surface area contributed by atoms with Crippen molar-refractivity contribution in [1.82, 2.24) is 20.9 Å². The minimum Gasteiger partial charge on any atom is -0.480 e. The largest absolute Gasteiger partial charge is 0.480 e. The van der Waals surface area contributed by atoms with Gasteiger partial charge in [0.15, 0.2) is 0 Å². The van der Waals surface area contributed by atoms with Crippen LogP contribution in [-0.4, -0.2) is 69.6 Å². The molecule has 1 saturated heterocycles. The lowest BCUT2D eigenvalue weighted by Gasteiger charge is -2.35. The van der Waals surface area contributed by atoms with E-state index in [2.05, 4.69) is 16.0 Å². The molecule has 1 fully saturated rings. The maximum atomic E-state index is 14.1. The Labute approximate surface area is 241 Å². The summed E-state index contributed by atoms with van der Waals surface area (Å²) in [5.74, 6) is -2.41. The number of amides is 4. The van der Waals surface area contributed by atoms with Crippen molar-refractivity contribution in [3.63, 3.8) is 0 Å². The number of rotatable bonds is 11. The molecular weight excluding hydrogens is 532 g/mol. The quantitative estimate of drug-likeness (QED) is 0.310. The number of ether oxygens (including phenoxy) is 1. The monoisotopic (exact) mass is 578 g/mol. The molecule has 1 aliphatic rings. The van der Waals surface area contributed by atoms with Crippen LogP contribution in [0.3, 0.4) is 0 Å². The van der Waals surface area contributed by atoms with E-state index < -0.39 is 65.6 Å². The van der Waals surface area contributed by atoms with E-state index in [1.165, 1.54) is 11.8 Å². The fourth-order valence-electron chi connectivity index (χ4n) is 4.72. The number of likely N-dealkylation sites (tertiary alicyclic amines) is 1. The number of carbonyl (C=O) groups excluding carboxylic acids is 4. The van der Waals surface area contributed by atoms with E-state index in [-0.39, 0.29) is 18.3 Å². The Morgan fingerprint density at radius 1 is 1.02 bits per heavy atom. The topological polar surface area (TPSA) is 167 Å². The van der Waals surface area contributed by atoms with Gasteiger partial charge in [-0.3, -0.25) is 14.4 Å². The molecule has 0 bridgehead atoms. The Morgan fingerprint density at radius 2 is 1.66 bits per heavy atom. The van der Waals surface area contributed by atoms with Crippen molar-refractivity contribution >= 4 is 29.8 Å². The lowest BCUT2D eigenvalue weighted by atomic mass is 9.98. The maximum absolute atomic E-state index is 14.1. The van der Waals surface area contributed by atoms with Gasteiger partial charge in [0.1, 0.15) is 41.3 Å². The number of nitrogens with one attached hydrogen (secondary N) is 3. The number of carboxylic acid groups (broad SMARTS) is 1. The van der Waals surface area contributed by atoms with Gasteiger partial charge in [-0.05, 0) is 71.4 Å². The fourth-order valence-corrected chi connectivity index (χ4v) is 4.72. The van der Waals surface area contributed by atoms with Crippen LogP contribution in [0.1, 0.15) is 92.2 Å². The molecule has 0 aromatic carbocycles. The zero-order chi connectivity index (χ0) is 31.2. The predicted molar refractivity (Wildman–Crippen MR) is 151 cm³/mol. The van der Waals surface area contributed by atoms with Crippen LogP contribution in [0.25, 0.3) is 0 Å². The summed E-state index contributed by atoms with van der Waals surface area (Å²) in [4.78, 5) is 66.2. The molecule has 41 heavy (non-hydrogen) atoms. The van der Waals surface area contributed by atoms with E-state index in [1.54, 1.807) is 60.6 Å². The number of hydrogen-bond donors (Lipinski definition) is 4. The highest BCUT2D eigenvalue weighted by atomic mass is 16.6. The summed E-state index contributed by atoms with van der Waals surface area (Å²) >= 11 is 0. The van der Waals surface area contributed by atoms with Gasteiger partial charge < -0.3 is 35.1 Å². The van der Waals surface area contributed by atoms with E-state index in [0.29, 0.717) is 24.4 Å². The predicted octanol–water partition coefficient (Wildman–Crippen LogP) is 3.29. The average molecular weight is 579 g/mol. The number of alkyl carbamates (subject to hydrolysis) is 1. The molecule has 1 aromatic rings. The summed E-state index contributed by atoms with van der Waals surface area (Å²) in [6, 6.07) is -1.21. The Kier molecular flexibility index (Phi) is 11.4. The summed E-state index contributed by atoms with van der Waals surface area (Å²) in [7, 11) is 0. The minimum atomic E-state index is -1.15. The van der Waals surface area contributed by atoms with E-state index in [9.17, 15) is 29.1 Å². The molecule has 6 atom stereocenters. The van der Waals surface area contributed by atoms with Crippen LogP contribution in [0, 0.1) is 18.8 Å². The van der Waals surface area contributed by atoms with Gasteiger partial charge in [0.05, 0.1) is 6.04 Å². The van der Waals surface area contributed by atoms with Crippen LogP contribution >= 0.6 is 0 Å². The molecule has 0 saturated carbocycles. The highest BCUT2D eigenvalue weighted by Crippen LogP contribution is 2.38. The molecule has 230 valence electrons. The first kappa shape index (κ1) is 33.6. The third-order valence-corrected chi connectivity index (χ3v) is 7.17. The second-order valence-corrected chi connectivity index (χ2v) is 12.1. The van der Waals surface area contributed by atoms with E-state index >= 15 is 0 Å². The molecule has 0 spiro atoms. The Balaban J connectivity index is 2.34. The van der Waals surface area contributed by atoms with Crippen LogP contribution in [0.15, 0.2) is 16.5 Å². The van der Waals surface area contributed by atoms with Crippen LogP contribution in [0.2, 0.25) is 0 Å². The van der Waals surface area contributed by atoms with E-state index in [4.69, 9.17) is 9.15 Å². The van der Waals surface area contributed by atoms with Gasteiger partial charge in [-0.1, -0.05) is 34.1 Å². The van der Waals surface area contributed by atoms with Crippen molar-refractivity contribution in [2.75, 3.05) is 0 Å². The highest BCUT2D eigenvalue weighted by molar-refractivity contribution is 5.95. The molecule has 0 radical (unpaired) electrons. The molecule has 4 amide bonds. The first-order valence-corrected chi connectivity index (χ1v) is 14.2. The number of aryl methyl sites for hydroxylation is 1. The molecular formula is C29H46N4O8. The van der Waals surface area contributed by atoms with Gasteiger partial charge >= 0.3 is 12.1 Å². The molecule has 4 N–H and O–H groups in total. The normalized spacial score (nSPS) is 20.1. The van der Waals surface area contributed by atoms with Crippen molar-refractivity contribution in [3.05, 3.63) is 23.7 Å². The van der Waals surface area contributed by atoms with Crippen molar-refractivity contribution in [1.29, 1.82) is 0 Å². The van der Waals surface area contributed by atoms with Crippen LogP contribution in [0.5, 0.6) is 0 Å². The fraction of sp³-hybridized carbons (Fsp3) is 0.690. The Hall–Kier alpha value is -3.57. The zero-order valence-electron chi connectivity index (χ0n) is 25.6. The van der Waals surface area contributed by atoms with E-state index in [1.807, 2.05) is 6.92 Å². The molecule has 2 rings (SSSR count).